The number of imidazole rings is 1. The van der Waals surface area contributed by atoms with Gasteiger partial charge in [-0.3, -0.25) is 10.1 Å². The van der Waals surface area contributed by atoms with Crippen LogP contribution in [0.4, 0.5) is 5.95 Å². The molecule has 94 valence electrons. The number of carbonyl (C=O) groups is 1. The maximum absolute atomic E-state index is 11.9. The van der Waals surface area contributed by atoms with Gasteiger partial charge in [0.15, 0.2) is 5.75 Å². The van der Waals surface area contributed by atoms with Gasteiger partial charge in [0.25, 0.3) is 5.91 Å². The van der Waals surface area contributed by atoms with Gasteiger partial charge in [-0.25, -0.2) is 4.98 Å². The molecular weight excluding hydrogens is 277 g/mol. The molecule has 0 saturated carbocycles. The third kappa shape index (κ3) is 2.57. The van der Waals surface area contributed by atoms with Crippen molar-refractivity contribution < 1.29 is 9.53 Å². The second-order valence-corrected chi connectivity index (χ2v) is 4.18. The predicted molar refractivity (Wildman–Crippen MR) is 69.6 cm³/mol. The summed E-state index contributed by atoms with van der Waals surface area (Å²) in [4.78, 5) is 18.5. The van der Waals surface area contributed by atoms with Gasteiger partial charge in [0.1, 0.15) is 0 Å². The molecule has 18 heavy (non-hydrogen) atoms. The van der Waals surface area contributed by atoms with Crippen molar-refractivity contribution in [1.29, 1.82) is 0 Å². The monoisotopic (exact) mass is 285 g/mol. The molecular formula is C11H9Cl2N3O2. The molecule has 0 radical (unpaired) electrons. The number of amides is 1. The summed E-state index contributed by atoms with van der Waals surface area (Å²) in [5.74, 6) is 0.326. The average Bonchev–Trinajstić information content (AvgIpc) is 2.81. The van der Waals surface area contributed by atoms with E-state index in [2.05, 4.69) is 15.3 Å². The molecule has 0 aliphatic carbocycles. The Kier molecular flexibility index (Phi) is 3.74. The quantitative estimate of drug-likeness (QED) is 0.911. The third-order valence-corrected chi connectivity index (χ3v) is 2.76. The van der Waals surface area contributed by atoms with Crippen LogP contribution in [0.2, 0.25) is 10.0 Å². The Morgan fingerprint density at radius 1 is 1.39 bits per heavy atom. The number of halogens is 2. The molecule has 1 amide bonds. The van der Waals surface area contributed by atoms with Gasteiger partial charge >= 0.3 is 0 Å². The zero-order valence-electron chi connectivity index (χ0n) is 9.33. The molecule has 2 N–H and O–H groups in total. The summed E-state index contributed by atoms with van der Waals surface area (Å²) in [6, 6.07) is 2.95. The number of aromatic nitrogens is 2. The minimum atomic E-state index is -0.364. The van der Waals surface area contributed by atoms with E-state index >= 15 is 0 Å². The lowest BCUT2D eigenvalue weighted by molar-refractivity contribution is 0.102. The Hall–Kier alpha value is -1.72. The lowest BCUT2D eigenvalue weighted by Gasteiger charge is -2.08. The normalized spacial score (nSPS) is 10.2. The molecule has 2 rings (SSSR count). The maximum atomic E-state index is 11.9. The maximum Gasteiger partial charge on any atom is 0.258 e. The Balaban J connectivity index is 2.26. The molecule has 0 unspecified atom stereocenters. The van der Waals surface area contributed by atoms with E-state index in [9.17, 15) is 4.79 Å². The zero-order chi connectivity index (χ0) is 13.1. The number of benzene rings is 1. The van der Waals surface area contributed by atoms with Gasteiger partial charge in [-0.05, 0) is 12.1 Å². The van der Waals surface area contributed by atoms with Crippen LogP contribution < -0.4 is 10.1 Å². The zero-order valence-corrected chi connectivity index (χ0v) is 10.8. The van der Waals surface area contributed by atoms with Crippen molar-refractivity contribution in [3.05, 3.63) is 40.1 Å². The van der Waals surface area contributed by atoms with Crippen LogP contribution in [-0.2, 0) is 0 Å². The Morgan fingerprint density at radius 3 is 2.56 bits per heavy atom. The van der Waals surface area contributed by atoms with E-state index in [-0.39, 0.29) is 16.0 Å². The number of hydrogen-bond donors (Lipinski definition) is 2. The van der Waals surface area contributed by atoms with E-state index in [0.717, 1.165) is 0 Å². The molecule has 0 spiro atoms. The van der Waals surface area contributed by atoms with Gasteiger partial charge in [0.2, 0.25) is 5.95 Å². The van der Waals surface area contributed by atoms with Gasteiger partial charge in [0.05, 0.1) is 17.2 Å². The summed E-state index contributed by atoms with van der Waals surface area (Å²) < 4.78 is 5.00. The van der Waals surface area contributed by atoms with Crippen LogP contribution in [0.1, 0.15) is 10.4 Å². The van der Waals surface area contributed by atoms with Gasteiger partial charge in [0, 0.05) is 18.0 Å². The third-order valence-electron chi connectivity index (χ3n) is 2.19. The molecule has 0 aliphatic heterocycles. The minimum absolute atomic E-state index is 0.273. The smallest absolute Gasteiger partial charge is 0.258 e. The summed E-state index contributed by atoms with van der Waals surface area (Å²) in [5, 5.41) is 3.11. The predicted octanol–water partition coefficient (Wildman–Crippen LogP) is 2.98. The molecule has 0 fully saturated rings. The highest BCUT2D eigenvalue weighted by Gasteiger charge is 2.14. The fraction of sp³-hybridized carbons (Fsp3) is 0.0909. The van der Waals surface area contributed by atoms with Crippen molar-refractivity contribution in [1.82, 2.24) is 9.97 Å². The van der Waals surface area contributed by atoms with Crippen LogP contribution >= 0.6 is 23.2 Å². The fourth-order valence-electron chi connectivity index (χ4n) is 1.40. The van der Waals surface area contributed by atoms with Crippen LogP contribution in [0, 0.1) is 0 Å². The number of ether oxygens (including phenoxy) is 1. The van der Waals surface area contributed by atoms with Crippen molar-refractivity contribution in [3.8, 4) is 5.75 Å². The standard InChI is InChI=1S/C11H9Cl2N3O2/c1-18-9-7(12)4-6(5-8(9)13)10(17)16-11-14-2-3-15-11/h2-5H,1H3,(H2,14,15,16,17). The SMILES string of the molecule is COc1c(Cl)cc(C(=O)Nc2ncc[nH]2)cc1Cl. The molecule has 0 bridgehead atoms. The molecule has 2 aromatic rings. The summed E-state index contributed by atoms with van der Waals surface area (Å²) in [6.07, 6.45) is 3.13. The number of H-pyrrole nitrogens is 1. The van der Waals surface area contributed by atoms with Gasteiger partial charge < -0.3 is 9.72 Å². The molecule has 0 aliphatic rings. The summed E-state index contributed by atoms with van der Waals surface area (Å²) in [7, 11) is 1.45. The van der Waals surface area contributed by atoms with Crippen molar-refractivity contribution in [2.45, 2.75) is 0 Å². The molecule has 5 nitrogen and oxygen atoms in total. The van der Waals surface area contributed by atoms with E-state index < -0.39 is 0 Å². The first-order valence-electron chi connectivity index (χ1n) is 4.95. The Morgan fingerprint density at radius 2 is 2.06 bits per heavy atom. The number of nitrogens with one attached hydrogen (secondary N) is 2. The second-order valence-electron chi connectivity index (χ2n) is 3.37. The highest BCUT2D eigenvalue weighted by molar-refractivity contribution is 6.37. The largest absolute Gasteiger partial charge is 0.494 e. The number of hydrogen-bond acceptors (Lipinski definition) is 3. The van der Waals surface area contributed by atoms with E-state index in [1.807, 2.05) is 0 Å². The lowest BCUT2D eigenvalue weighted by atomic mass is 10.2. The topological polar surface area (TPSA) is 67.0 Å². The van der Waals surface area contributed by atoms with Gasteiger partial charge in [-0.1, -0.05) is 23.2 Å². The molecule has 0 saturated heterocycles. The van der Waals surface area contributed by atoms with Crippen molar-refractivity contribution in [3.63, 3.8) is 0 Å². The summed E-state index contributed by atoms with van der Waals surface area (Å²) in [6.45, 7) is 0. The minimum Gasteiger partial charge on any atom is -0.494 e. The van der Waals surface area contributed by atoms with Crippen LogP contribution in [0.25, 0.3) is 0 Å². The van der Waals surface area contributed by atoms with Crippen molar-refractivity contribution in [2.75, 3.05) is 12.4 Å². The number of carbonyl (C=O) groups excluding carboxylic acids is 1. The summed E-state index contributed by atoms with van der Waals surface area (Å²) in [5.41, 5.74) is 0.321. The Bertz CT molecular complexity index is 547. The fourth-order valence-corrected chi connectivity index (χ4v) is 2.04. The number of methoxy groups -OCH3 is 1. The molecule has 7 heteroatoms. The highest BCUT2D eigenvalue weighted by atomic mass is 35.5. The first-order chi connectivity index (χ1) is 8.61. The van der Waals surface area contributed by atoms with Crippen LogP contribution in [-0.4, -0.2) is 23.0 Å². The number of rotatable bonds is 3. The van der Waals surface area contributed by atoms with Gasteiger partial charge in [-0.2, -0.15) is 0 Å². The second kappa shape index (κ2) is 5.29. The average molecular weight is 286 g/mol. The molecule has 0 atom stereocenters. The molecule has 1 aromatic heterocycles. The summed E-state index contributed by atoms with van der Waals surface area (Å²) >= 11 is 11.9. The number of aromatic amines is 1. The van der Waals surface area contributed by atoms with Crippen LogP contribution in [0.5, 0.6) is 5.75 Å². The lowest BCUT2D eigenvalue weighted by Crippen LogP contribution is -2.13. The molecule has 1 heterocycles. The van der Waals surface area contributed by atoms with Gasteiger partial charge in [-0.15, -0.1) is 0 Å². The first kappa shape index (κ1) is 12.7. The van der Waals surface area contributed by atoms with Crippen molar-refractivity contribution in [2.24, 2.45) is 0 Å². The van der Waals surface area contributed by atoms with E-state index in [1.54, 1.807) is 6.20 Å². The Labute approximate surface area is 113 Å². The highest BCUT2D eigenvalue weighted by Crippen LogP contribution is 2.33. The van der Waals surface area contributed by atoms with E-state index in [1.165, 1.54) is 25.4 Å². The van der Waals surface area contributed by atoms with Crippen LogP contribution in [0.3, 0.4) is 0 Å². The first-order valence-corrected chi connectivity index (χ1v) is 5.71. The van der Waals surface area contributed by atoms with E-state index in [4.69, 9.17) is 27.9 Å². The number of anilines is 1. The molecule has 1 aromatic carbocycles. The van der Waals surface area contributed by atoms with Crippen molar-refractivity contribution >= 4 is 35.1 Å². The van der Waals surface area contributed by atoms with Crippen LogP contribution in [0.15, 0.2) is 24.5 Å². The number of nitrogens with zero attached hydrogens (tertiary/aromatic N) is 1. The van der Waals surface area contributed by atoms with E-state index in [0.29, 0.717) is 17.3 Å².